The van der Waals surface area contributed by atoms with Gasteiger partial charge in [-0.05, 0) is 0 Å². The zero-order valence-electron chi connectivity index (χ0n) is 7.04. The molecule has 13 heavy (non-hydrogen) atoms. The van der Waals surface area contributed by atoms with Crippen LogP contribution in [0.15, 0.2) is 0 Å². The van der Waals surface area contributed by atoms with Crippen molar-refractivity contribution in [2.24, 2.45) is 0 Å². The number of rotatable bonds is 6. The predicted octanol–water partition coefficient (Wildman–Crippen LogP) is 2.05. The summed E-state index contributed by atoms with van der Waals surface area (Å²) < 4.78 is 5.32. The zero-order valence-corrected chi connectivity index (χ0v) is 8.55. The van der Waals surface area contributed by atoms with Crippen molar-refractivity contribution in [2.45, 2.75) is 25.0 Å². The van der Waals surface area contributed by atoms with Crippen LogP contribution in [0.2, 0.25) is 0 Å². The van der Waals surface area contributed by atoms with Crippen LogP contribution in [-0.4, -0.2) is 24.0 Å². The predicted molar refractivity (Wildman–Crippen MR) is 50.6 cm³/mol. The Morgan fingerprint density at radius 3 is 1.62 bits per heavy atom. The first-order valence-corrected chi connectivity index (χ1v) is 4.86. The third kappa shape index (κ3) is 5.71. The van der Waals surface area contributed by atoms with Gasteiger partial charge in [0.15, 0.2) is 0 Å². The summed E-state index contributed by atoms with van der Waals surface area (Å²) in [5.74, 6) is 0.485. The number of hydrogen-bond acceptors (Lipinski definition) is 3. The molecule has 0 fully saturated rings. The molecule has 0 N–H and O–H groups in total. The van der Waals surface area contributed by atoms with Gasteiger partial charge in [-0.1, -0.05) is 0 Å². The summed E-state index contributed by atoms with van der Waals surface area (Å²) in [6.45, 7) is 0. The largest absolute Gasteiger partial charge is 0.370 e. The van der Waals surface area contributed by atoms with Gasteiger partial charge in [0.25, 0.3) is 0 Å². The van der Waals surface area contributed by atoms with Gasteiger partial charge in [-0.15, -0.1) is 23.2 Å². The van der Waals surface area contributed by atoms with E-state index in [1.807, 2.05) is 12.1 Å². The van der Waals surface area contributed by atoms with Gasteiger partial charge in [-0.3, -0.25) is 0 Å². The van der Waals surface area contributed by atoms with Gasteiger partial charge < -0.3 is 4.74 Å². The second-order valence-corrected chi connectivity index (χ2v) is 3.03. The number of ether oxygens (including phenoxy) is 1. The smallest absolute Gasteiger partial charge is 0.0844 e. The molecular formula is C8H10Cl2N2O. The molecule has 0 spiro atoms. The van der Waals surface area contributed by atoms with Crippen LogP contribution in [0.1, 0.15) is 12.8 Å². The standard InChI is InChI=1S/C8H10Cl2N2O/c9-5-7(1-3-11)13-8(6-10)2-4-12/h7-8H,1-2,5-6H2. The lowest BCUT2D eigenvalue weighted by atomic mass is 10.2. The fourth-order valence-electron chi connectivity index (χ4n) is 0.754. The van der Waals surface area contributed by atoms with Crippen LogP contribution < -0.4 is 0 Å². The number of nitriles is 2. The first-order valence-electron chi connectivity index (χ1n) is 3.79. The molecule has 0 rings (SSSR count). The molecule has 0 radical (unpaired) electrons. The highest BCUT2D eigenvalue weighted by Crippen LogP contribution is 2.08. The average molecular weight is 221 g/mol. The van der Waals surface area contributed by atoms with Gasteiger partial charge in [-0.2, -0.15) is 10.5 Å². The summed E-state index contributed by atoms with van der Waals surface area (Å²) in [6.07, 6.45) is -0.211. The summed E-state index contributed by atoms with van der Waals surface area (Å²) in [6, 6.07) is 3.91. The van der Waals surface area contributed by atoms with Crippen molar-refractivity contribution in [2.75, 3.05) is 11.8 Å². The van der Waals surface area contributed by atoms with Crippen LogP contribution in [0.3, 0.4) is 0 Å². The number of halogens is 2. The number of hydrogen-bond donors (Lipinski definition) is 0. The highest BCUT2D eigenvalue weighted by Gasteiger charge is 2.14. The van der Waals surface area contributed by atoms with E-state index in [1.165, 1.54) is 0 Å². The molecule has 2 atom stereocenters. The number of nitrogens with zero attached hydrogens (tertiary/aromatic N) is 2. The van der Waals surface area contributed by atoms with Crippen molar-refractivity contribution >= 4 is 23.2 Å². The van der Waals surface area contributed by atoms with Gasteiger partial charge in [0, 0.05) is 11.8 Å². The quantitative estimate of drug-likeness (QED) is 0.645. The van der Waals surface area contributed by atoms with Crippen molar-refractivity contribution < 1.29 is 4.74 Å². The minimum atomic E-state index is -0.330. The normalized spacial score (nSPS) is 14.2. The Hall–Kier alpha value is -0.480. The van der Waals surface area contributed by atoms with E-state index >= 15 is 0 Å². The van der Waals surface area contributed by atoms with E-state index in [9.17, 15) is 0 Å². The summed E-state index contributed by atoms with van der Waals surface area (Å²) in [5, 5.41) is 16.8. The average Bonchev–Trinajstić information content (AvgIpc) is 2.16. The number of alkyl halides is 2. The topological polar surface area (TPSA) is 56.8 Å². The third-order valence-electron chi connectivity index (χ3n) is 1.37. The molecule has 72 valence electrons. The Labute approximate surface area is 87.8 Å². The fraction of sp³-hybridized carbons (Fsp3) is 0.750. The fourth-order valence-corrected chi connectivity index (χ4v) is 1.12. The van der Waals surface area contributed by atoms with Crippen molar-refractivity contribution in [3.8, 4) is 12.1 Å². The molecule has 0 aromatic carbocycles. The maximum Gasteiger partial charge on any atom is 0.0844 e. The molecule has 0 aliphatic heterocycles. The SMILES string of the molecule is N#CCC(CCl)OC(CCl)CC#N. The van der Waals surface area contributed by atoms with Gasteiger partial charge in [0.05, 0.1) is 37.2 Å². The molecule has 0 aliphatic rings. The van der Waals surface area contributed by atoms with Crippen LogP contribution in [0.25, 0.3) is 0 Å². The summed E-state index contributed by atoms with van der Waals surface area (Å²) in [5.41, 5.74) is 0. The molecule has 0 saturated heterocycles. The lowest BCUT2D eigenvalue weighted by Gasteiger charge is -2.17. The lowest BCUT2D eigenvalue weighted by molar-refractivity contribution is 0.0180. The first-order chi connectivity index (χ1) is 6.28. The Morgan fingerprint density at radius 2 is 1.38 bits per heavy atom. The van der Waals surface area contributed by atoms with Gasteiger partial charge >= 0.3 is 0 Å². The minimum Gasteiger partial charge on any atom is -0.370 e. The molecule has 0 aromatic heterocycles. The highest BCUT2D eigenvalue weighted by atomic mass is 35.5. The second-order valence-electron chi connectivity index (χ2n) is 2.41. The van der Waals surface area contributed by atoms with E-state index in [2.05, 4.69) is 0 Å². The third-order valence-corrected chi connectivity index (χ3v) is 2.06. The first kappa shape index (κ1) is 12.5. The molecule has 5 heteroatoms. The molecular weight excluding hydrogens is 211 g/mol. The second kappa shape index (κ2) is 8.13. The van der Waals surface area contributed by atoms with Crippen LogP contribution in [0.5, 0.6) is 0 Å². The maximum absolute atomic E-state index is 8.40. The van der Waals surface area contributed by atoms with E-state index in [4.69, 9.17) is 38.5 Å². The molecule has 0 heterocycles. The van der Waals surface area contributed by atoms with E-state index < -0.39 is 0 Å². The van der Waals surface area contributed by atoms with Crippen molar-refractivity contribution in [1.82, 2.24) is 0 Å². The van der Waals surface area contributed by atoms with Crippen molar-refractivity contribution in [3.05, 3.63) is 0 Å². The van der Waals surface area contributed by atoms with E-state index in [0.29, 0.717) is 0 Å². The van der Waals surface area contributed by atoms with Crippen LogP contribution in [0, 0.1) is 22.7 Å². The van der Waals surface area contributed by atoms with Crippen LogP contribution >= 0.6 is 23.2 Å². The van der Waals surface area contributed by atoms with E-state index in [0.717, 1.165) is 0 Å². The Kier molecular flexibility index (Phi) is 7.83. The Morgan fingerprint density at radius 1 is 1.00 bits per heavy atom. The Balaban J connectivity index is 3.90. The zero-order chi connectivity index (χ0) is 10.1. The van der Waals surface area contributed by atoms with Crippen LogP contribution in [-0.2, 0) is 4.74 Å². The molecule has 0 bridgehead atoms. The van der Waals surface area contributed by atoms with Crippen LogP contribution in [0.4, 0.5) is 0 Å². The van der Waals surface area contributed by atoms with Gasteiger partial charge in [0.2, 0.25) is 0 Å². The summed E-state index contributed by atoms with van der Waals surface area (Å²) in [7, 11) is 0. The van der Waals surface area contributed by atoms with E-state index in [-0.39, 0.29) is 36.8 Å². The highest BCUT2D eigenvalue weighted by molar-refractivity contribution is 6.18. The van der Waals surface area contributed by atoms with Crippen molar-refractivity contribution in [3.63, 3.8) is 0 Å². The van der Waals surface area contributed by atoms with E-state index in [1.54, 1.807) is 0 Å². The maximum atomic E-state index is 8.40. The van der Waals surface area contributed by atoms with Crippen molar-refractivity contribution in [1.29, 1.82) is 10.5 Å². The molecule has 0 aromatic rings. The molecule has 3 nitrogen and oxygen atoms in total. The minimum absolute atomic E-state index is 0.225. The Bertz CT molecular complexity index is 187. The molecule has 2 unspecified atom stereocenters. The summed E-state index contributed by atoms with van der Waals surface area (Å²) >= 11 is 11.1. The molecule has 0 aliphatic carbocycles. The lowest BCUT2D eigenvalue weighted by Crippen LogP contribution is -2.24. The molecule has 0 saturated carbocycles. The molecule has 0 amide bonds. The van der Waals surface area contributed by atoms with Gasteiger partial charge in [-0.25, -0.2) is 0 Å². The summed E-state index contributed by atoms with van der Waals surface area (Å²) in [4.78, 5) is 0. The monoisotopic (exact) mass is 220 g/mol. The van der Waals surface area contributed by atoms with Gasteiger partial charge in [0.1, 0.15) is 0 Å².